The molecular formula is C15H27N3O2S. The number of aromatic nitrogens is 1. The Hall–Kier alpha value is -0.980. The van der Waals surface area contributed by atoms with E-state index in [0.717, 1.165) is 18.5 Å². The summed E-state index contributed by atoms with van der Waals surface area (Å²) in [5.41, 5.74) is 1.10. The van der Waals surface area contributed by atoms with Crippen LogP contribution in [0.15, 0.2) is 24.5 Å². The average Bonchev–Trinajstić information content (AvgIpc) is 2.45. The fourth-order valence-corrected chi connectivity index (χ4v) is 3.18. The molecule has 0 atom stereocenters. The maximum atomic E-state index is 12.1. The summed E-state index contributed by atoms with van der Waals surface area (Å²) >= 11 is 0. The van der Waals surface area contributed by atoms with Gasteiger partial charge in [-0.1, -0.05) is 13.8 Å². The molecule has 0 aliphatic heterocycles. The second-order valence-electron chi connectivity index (χ2n) is 5.56. The predicted molar refractivity (Wildman–Crippen MR) is 86.7 cm³/mol. The van der Waals surface area contributed by atoms with E-state index in [-0.39, 0.29) is 5.75 Å². The zero-order chi connectivity index (χ0) is 15.7. The molecule has 5 nitrogen and oxygen atoms in total. The molecule has 0 aliphatic carbocycles. The molecule has 1 aromatic heterocycles. The topological polar surface area (TPSA) is 62.3 Å². The van der Waals surface area contributed by atoms with Crippen LogP contribution in [0.3, 0.4) is 0 Å². The minimum Gasteiger partial charge on any atom is -0.315 e. The van der Waals surface area contributed by atoms with E-state index in [1.807, 2.05) is 12.1 Å². The summed E-state index contributed by atoms with van der Waals surface area (Å²) in [6, 6.07) is 4.28. The normalized spacial score (nSPS) is 12.2. The Bertz CT molecular complexity index is 489. The van der Waals surface area contributed by atoms with Crippen LogP contribution >= 0.6 is 0 Å². The third-order valence-electron chi connectivity index (χ3n) is 3.32. The first-order valence-electron chi connectivity index (χ1n) is 7.48. The first-order chi connectivity index (χ1) is 9.92. The van der Waals surface area contributed by atoms with Gasteiger partial charge in [-0.05, 0) is 43.5 Å². The Balaban J connectivity index is 2.29. The van der Waals surface area contributed by atoms with Crippen LogP contribution in [0.2, 0.25) is 0 Å². The van der Waals surface area contributed by atoms with Gasteiger partial charge in [0, 0.05) is 32.0 Å². The Morgan fingerprint density at radius 3 is 2.52 bits per heavy atom. The summed E-state index contributed by atoms with van der Waals surface area (Å²) in [5.74, 6) is 0.222. The highest BCUT2D eigenvalue weighted by Crippen LogP contribution is 2.05. The lowest BCUT2D eigenvalue weighted by molar-refractivity contribution is 0.469. The molecule has 0 saturated carbocycles. The SMILES string of the molecule is CC(C)NCCCCS(=O)(=O)N(C)CCc1ccncc1. The molecule has 0 amide bonds. The van der Waals surface area contributed by atoms with Crippen molar-refractivity contribution in [2.45, 2.75) is 39.2 Å². The van der Waals surface area contributed by atoms with E-state index in [1.54, 1.807) is 19.4 Å². The van der Waals surface area contributed by atoms with Crippen molar-refractivity contribution in [1.82, 2.24) is 14.6 Å². The van der Waals surface area contributed by atoms with Crippen molar-refractivity contribution in [1.29, 1.82) is 0 Å². The first-order valence-corrected chi connectivity index (χ1v) is 9.09. The second kappa shape index (κ2) is 9.12. The molecule has 1 N–H and O–H groups in total. The van der Waals surface area contributed by atoms with Crippen molar-refractivity contribution in [3.05, 3.63) is 30.1 Å². The van der Waals surface area contributed by atoms with Gasteiger partial charge >= 0.3 is 0 Å². The minimum atomic E-state index is -3.14. The monoisotopic (exact) mass is 313 g/mol. The van der Waals surface area contributed by atoms with E-state index in [1.165, 1.54) is 4.31 Å². The lowest BCUT2D eigenvalue weighted by Crippen LogP contribution is -2.31. The summed E-state index contributed by atoms with van der Waals surface area (Å²) in [6.45, 7) is 5.55. The van der Waals surface area contributed by atoms with Crippen molar-refractivity contribution in [2.24, 2.45) is 0 Å². The molecule has 0 unspecified atom stereocenters. The highest BCUT2D eigenvalue weighted by molar-refractivity contribution is 7.89. The number of likely N-dealkylation sites (N-methyl/N-ethyl adjacent to an activating group) is 1. The molecule has 1 aromatic rings. The van der Waals surface area contributed by atoms with Crippen LogP contribution < -0.4 is 5.32 Å². The maximum absolute atomic E-state index is 12.1. The van der Waals surface area contributed by atoms with E-state index >= 15 is 0 Å². The van der Waals surface area contributed by atoms with Gasteiger partial charge in [0.25, 0.3) is 0 Å². The molecule has 6 heteroatoms. The molecule has 0 aliphatic rings. The molecule has 0 aromatic carbocycles. The second-order valence-corrected chi connectivity index (χ2v) is 7.75. The van der Waals surface area contributed by atoms with Gasteiger partial charge in [-0.15, -0.1) is 0 Å². The highest BCUT2D eigenvalue weighted by atomic mass is 32.2. The molecule has 1 heterocycles. The molecule has 21 heavy (non-hydrogen) atoms. The van der Waals surface area contributed by atoms with Crippen LogP contribution in [0.25, 0.3) is 0 Å². The maximum Gasteiger partial charge on any atom is 0.213 e. The van der Waals surface area contributed by atoms with Crippen LogP contribution in [0, 0.1) is 0 Å². The minimum absolute atomic E-state index is 0.222. The number of sulfonamides is 1. The molecule has 0 spiro atoms. The van der Waals surface area contributed by atoms with E-state index in [9.17, 15) is 8.42 Å². The fourth-order valence-electron chi connectivity index (χ4n) is 1.93. The molecule has 0 bridgehead atoms. The van der Waals surface area contributed by atoms with Crippen LogP contribution in [-0.2, 0) is 16.4 Å². The van der Waals surface area contributed by atoms with Crippen molar-refractivity contribution in [2.75, 3.05) is 25.9 Å². The molecular weight excluding hydrogens is 286 g/mol. The van der Waals surface area contributed by atoms with Crippen molar-refractivity contribution in [3.8, 4) is 0 Å². The Morgan fingerprint density at radius 2 is 1.90 bits per heavy atom. The smallest absolute Gasteiger partial charge is 0.213 e. The summed E-state index contributed by atoms with van der Waals surface area (Å²) < 4.78 is 25.7. The number of pyridine rings is 1. The third kappa shape index (κ3) is 7.55. The number of rotatable bonds is 10. The quantitative estimate of drug-likeness (QED) is 0.667. The Labute approximate surface area is 128 Å². The largest absolute Gasteiger partial charge is 0.315 e. The van der Waals surface area contributed by atoms with Crippen molar-refractivity contribution < 1.29 is 8.42 Å². The first kappa shape index (κ1) is 18.1. The van der Waals surface area contributed by atoms with Gasteiger partial charge in [-0.2, -0.15) is 0 Å². The molecule has 0 fully saturated rings. The van der Waals surface area contributed by atoms with Gasteiger partial charge in [0.2, 0.25) is 10.0 Å². The van der Waals surface area contributed by atoms with Crippen LogP contribution in [0.5, 0.6) is 0 Å². The summed E-state index contributed by atoms with van der Waals surface area (Å²) in [5, 5.41) is 3.29. The van der Waals surface area contributed by atoms with Gasteiger partial charge in [0.05, 0.1) is 5.75 Å². The average molecular weight is 313 g/mol. The Morgan fingerprint density at radius 1 is 1.24 bits per heavy atom. The van der Waals surface area contributed by atoms with Gasteiger partial charge in [-0.25, -0.2) is 12.7 Å². The van der Waals surface area contributed by atoms with Gasteiger partial charge in [-0.3, -0.25) is 4.98 Å². The van der Waals surface area contributed by atoms with E-state index in [2.05, 4.69) is 24.1 Å². The lowest BCUT2D eigenvalue weighted by Gasteiger charge is -2.17. The van der Waals surface area contributed by atoms with Gasteiger partial charge < -0.3 is 5.32 Å². The molecule has 0 radical (unpaired) electrons. The lowest BCUT2D eigenvalue weighted by atomic mass is 10.2. The number of nitrogens with one attached hydrogen (secondary N) is 1. The summed E-state index contributed by atoms with van der Waals surface area (Å²) in [6.07, 6.45) is 5.75. The predicted octanol–water partition coefficient (Wildman–Crippen LogP) is 1.66. The number of hydrogen-bond donors (Lipinski definition) is 1. The van der Waals surface area contributed by atoms with Crippen LogP contribution in [0.4, 0.5) is 0 Å². The Kier molecular flexibility index (Phi) is 7.85. The van der Waals surface area contributed by atoms with E-state index in [0.29, 0.717) is 25.4 Å². The van der Waals surface area contributed by atoms with Crippen molar-refractivity contribution >= 4 is 10.0 Å². The zero-order valence-corrected chi connectivity index (χ0v) is 14.1. The van der Waals surface area contributed by atoms with Gasteiger partial charge in [0.15, 0.2) is 0 Å². The standard InChI is InChI=1S/C15H27N3O2S/c1-14(2)17-9-4-5-13-21(19,20)18(3)12-8-15-6-10-16-11-7-15/h6-7,10-11,14,17H,4-5,8-9,12-13H2,1-3H3. The number of unbranched alkanes of at least 4 members (excludes halogenated alkanes) is 1. The van der Waals surface area contributed by atoms with Gasteiger partial charge in [0.1, 0.15) is 0 Å². The number of nitrogens with zero attached hydrogens (tertiary/aromatic N) is 2. The summed E-state index contributed by atoms with van der Waals surface area (Å²) in [7, 11) is -1.49. The third-order valence-corrected chi connectivity index (χ3v) is 5.26. The number of hydrogen-bond acceptors (Lipinski definition) is 4. The van der Waals surface area contributed by atoms with Crippen LogP contribution in [-0.4, -0.2) is 49.6 Å². The molecule has 0 saturated heterocycles. The molecule has 1 rings (SSSR count). The van der Waals surface area contributed by atoms with Crippen LogP contribution in [0.1, 0.15) is 32.3 Å². The van der Waals surface area contributed by atoms with E-state index in [4.69, 9.17) is 0 Å². The molecule has 120 valence electrons. The zero-order valence-electron chi connectivity index (χ0n) is 13.2. The highest BCUT2D eigenvalue weighted by Gasteiger charge is 2.16. The summed E-state index contributed by atoms with van der Waals surface area (Å²) in [4.78, 5) is 3.95. The fraction of sp³-hybridized carbons (Fsp3) is 0.667. The van der Waals surface area contributed by atoms with Crippen molar-refractivity contribution in [3.63, 3.8) is 0 Å². The van der Waals surface area contributed by atoms with E-state index < -0.39 is 10.0 Å².